The summed E-state index contributed by atoms with van der Waals surface area (Å²) < 4.78 is 6.82. The first kappa shape index (κ1) is 14.1. The van der Waals surface area contributed by atoms with Crippen molar-refractivity contribution in [3.8, 4) is 0 Å². The Bertz CT molecular complexity index is 615. The summed E-state index contributed by atoms with van der Waals surface area (Å²) in [7, 11) is 0. The van der Waals surface area contributed by atoms with Gasteiger partial charge in [0.1, 0.15) is 0 Å². The van der Waals surface area contributed by atoms with E-state index in [2.05, 4.69) is 5.10 Å². The molecule has 0 spiro atoms. The van der Waals surface area contributed by atoms with Crippen molar-refractivity contribution in [3.05, 3.63) is 46.8 Å². The van der Waals surface area contributed by atoms with Crippen molar-refractivity contribution in [1.82, 2.24) is 9.78 Å². The number of carbonyl (C=O) groups excluding carboxylic acids is 1. The van der Waals surface area contributed by atoms with Crippen LogP contribution in [0.3, 0.4) is 0 Å². The summed E-state index contributed by atoms with van der Waals surface area (Å²) in [5.74, 6) is -0.297. The normalized spacial score (nSPS) is 10.6. The third-order valence-corrected chi connectivity index (χ3v) is 3.23. The Morgan fingerprint density at radius 3 is 2.45 bits per heavy atom. The van der Waals surface area contributed by atoms with Gasteiger partial charge in [-0.15, -0.1) is 0 Å². The molecular weight excluding hydrogens is 254 g/mol. The van der Waals surface area contributed by atoms with Crippen LogP contribution in [0, 0.1) is 13.8 Å². The van der Waals surface area contributed by atoms with Gasteiger partial charge < -0.3 is 10.5 Å². The SMILES string of the molecule is CCOC(=O)c1ccc(Cn2nc(C)c(N)c2C)cc1. The number of aromatic nitrogens is 2. The fourth-order valence-corrected chi connectivity index (χ4v) is 2.00. The zero-order chi connectivity index (χ0) is 14.7. The highest BCUT2D eigenvalue weighted by molar-refractivity contribution is 5.89. The lowest BCUT2D eigenvalue weighted by atomic mass is 10.1. The zero-order valence-corrected chi connectivity index (χ0v) is 12.0. The Balaban J connectivity index is 2.14. The summed E-state index contributed by atoms with van der Waals surface area (Å²) in [5, 5.41) is 4.39. The van der Waals surface area contributed by atoms with Crippen LogP contribution < -0.4 is 5.73 Å². The molecule has 1 heterocycles. The molecule has 0 aliphatic carbocycles. The number of hydrogen-bond donors (Lipinski definition) is 1. The maximum Gasteiger partial charge on any atom is 0.338 e. The number of carbonyl (C=O) groups is 1. The number of anilines is 1. The lowest BCUT2D eigenvalue weighted by Crippen LogP contribution is -2.06. The molecule has 5 heteroatoms. The van der Waals surface area contributed by atoms with Gasteiger partial charge in [-0.1, -0.05) is 12.1 Å². The van der Waals surface area contributed by atoms with Gasteiger partial charge >= 0.3 is 5.97 Å². The quantitative estimate of drug-likeness (QED) is 0.868. The van der Waals surface area contributed by atoms with E-state index in [0.717, 1.165) is 22.6 Å². The number of nitrogens with zero attached hydrogens (tertiary/aromatic N) is 2. The minimum absolute atomic E-state index is 0.297. The molecule has 0 saturated carbocycles. The third kappa shape index (κ3) is 2.82. The van der Waals surface area contributed by atoms with Crippen molar-refractivity contribution >= 4 is 11.7 Å². The molecule has 0 unspecified atom stereocenters. The minimum Gasteiger partial charge on any atom is -0.462 e. The largest absolute Gasteiger partial charge is 0.462 e. The van der Waals surface area contributed by atoms with E-state index >= 15 is 0 Å². The number of benzene rings is 1. The van der Waals surface area contributed by atoms with E-state index in [9.17, 15) is 4.79 Å². The predicted octanol–water partition coefficient (Wildman–Crippen LogP) is 2.31. The van der Waals surface area contributed by atoms with Crippen LogP contribution in [0.1, 0.15) is 34.2 Å². The van der Waals surface area contributed by atoms with E-state index in [-0.39, 0.29) is 5.97 Å². The lowest BCUT2D eigenvalue weighted by Gasteiger charge is -2.06. The van der Waals surface area contributed by atoms with Gasteiger partial charge in [0.2, 0.25) is 0 Å². The molecule has 20 heavy (non-hydrogen) atoms. The Morgan fingerprint density at radius 1 is 1.30 bits per heavy atom. The number of esters is 1. The maximum atomic E-state index is 11.6. The summed E-state index contributed by atoms with van der Waals surface area (Å²) in [6.45, 7) is 6.64. The third-order valence-electron chi connectivity index (χ3n) is 3.23. The first-order valence-electron chi connectivity index (χ1n) is 6.58. The van der Waals surface area contributed by atoms with Gasteiger partial charge in [0.15, 0.2) is 0 Å². The van der Waals surface area contributed by atoms with Crippen LogP contribution >= 0.6 is 0 Å². The zero-order valence-electron chi connectivity index (χ0n) is 12.0. The van der Waals surface area contributed by atoms with Crippen LogP contribution in [-0.4, -0.2) is 22.4 Å². The molecule has 1 aromatic carbocycles. The van der Waals surface area contributed by atoms with Crippen molar-refractivity contribution in [1.29, 1.82) is 0 Å². The number of rotatable bonds is 4. The number of nitrogens with two attached hydrogens (primary N) is 1. The number of aryl methyl sites for hydroxylation is 1. The molecule has 0 bridgehead atoms. The monoisotopic (exact) mass is 273 g/mol. The van der Waals surface area contributed by atoms with Crippen molar-refractivity contribution in [2.24, 2.45) is 0 Å². The molecule has 1 aromatic heterocycles. The second kappa shape index (κ2) is 5.77. The molecule has 0 aliphatic heterocycles. The minimum atomic E-state index is -0.297. The molecule has 2 N–H and O–H groups in total. The van der Waals surface area contributed by atoms with Crippen LogP contribution in [0.5, 0.6) is 0 Å². The van der Waals surface area contributed by atoms with Crippen LogP contribution in [0.4, 0.5) is 5.69 Å². The Morgan fingerprint density at radius 2 is 1.95 bits per heavy atom. The van der Waals surface area contributed by atoms with Gasteiger partial charge in [-0.25, -0.2) is 4.79 Å². The molecular formula is C15H19N3O2. The summed E-state index contributed by atoms with van der Waals surface area (Å²) >= 11 is 0. The molecule has 0 aliphatic rings. The first-order valence-corrected chi connectivity index (χ1v) is 6.58. The number of hydrogen-bond acceptors (Lipinski definition) is 4. The number of nitrogen functional groups attached to an aromatic ring is 1. The molecule has 106 valence electrons. The van der Waals surface area contributed by atoms with E-state index in [0.29, 0.717) is 18.7 Å². The molecule has 0 radical (unpaired) electrons. The molecule has 0 atom stereocenters. The Kier molecular flexibility index (Phi) is 4.08. The van der Waals surface area contributed by atoms with E-state index in [1.165, 1.54) is 0 Å². The van der Waals surface area contributed by atoms with Gasteiger partial charge in [-0.2, -0.15) is 5.10 Å². The van der Waals surface area contributed by atoms with Crippen molar-refractivity contribution in [2.45, 2.75) is 27.3 Å². The fourth-order valence-electron chi connectivity index (χ4n) is 2.00. The molecule has 0 fully saturated rings. The van der Waals surface area contributed by atoms with Crippen molar-refractivity contribution in [3.63, 3.8) is 0 Å². The predicted molar refractivity (Wildman–Crippen MR) is 77.6 cm³/mol. The molecule has 0 saturated heterocycles. The van der Waals surface area contributed by atoms with Crippen molar-refractivity contribution < 1.29 is 9.53 Å². The highest BCUT2D eigenvalue weighted by Gasteiger charge is 2.09. The van der Waals surface area contributed by atoms with Crippen LogP contribution in [-0.2, 0) is 11.3 Å². The Hall–Kier alpha value is -2.30. The van der Waals surface area contributed by atoms with Gasteiger partial charge in [-0.3, -0.25) is 4.68 Å². The topological polar surface area (TPSA) is 70.1 Å². The summed E-state index contributed by atoms with van der Waals surface area (Å²) in [5.41, 5.74) is 10.1. The molecule has 0 amide bonds. The van der Waals surface area contributed by atoms with E-state index in [4.69, 9.17) is 10.5 Å². The van der Waals surface area contributed by atoms with Crippen LogP contribution in [0.2, 0.25) is 0 Å². The highest BCUT2D eigenvalue weighted by atomic mass is 16.5. The lowest BCUT2D eigenvalue weighted by molar-refractivity contribution is 0.0526. The number of ether oxygens (including phenoxy) is 1. The van der Waals surface area contributed by atoms with E-state index in [1.807, 2.05) is 30.7 Å². The summed E-state index contributed by atoms with van der Waals surface area (Å²) in [4.78, 5) is 11.6. The van der Waals surface area contributed by atoms with Gasteiger partial charge in [0, 0.05) is 0 Å². The first-order chi connectivity index (χ1) is 9.52. The van der Waals surface area contributed by atoms with Gasteiger partial charge in [-0.05, 0) is 38.5 Å². The van der Waals surface area contributed by atoms with Crippen molar-refractivity contribution in [2.75, 3.05) is 12.3 Å². The van der Waals surface area contributed by atoms with Crippen LogP contribution in [0.25, 0.3) is 0 Å². The maximum absolute atomic E-state index is 11.6. The Labute approximate surface area is 118 Å². The summed E-state index contributed by atoms with van der Waals surface area (Å²) in [6.07, 6.45) is 0. The molecule has 2 rings (SSSR count). The van der Waals surface area contributed by atoms with Gasteiger partial charge in [0.25, 0.3) is 0 Å². The fraction of sp³-hybridized carbons (Fsp3) is 0.333. The highest BCUT2D eigenvalue weighted by Crippen LogP contribution is 2.16. The van der Waals surface area contributed by atoms with Crippen LogP contribution in [0.15, 0.2) is 24.3 Å². The molecule has 5 nitrogen and oxygen atoms in total. The average molecular weight is 273 g/mol. The van der Waals surface area contributed by atoms with E-state index < -0.39 is 0 Å². The van der Waals surface area contributed by atoms with Gasteiger partial charge in [0.05, 0.1) is 35.8 Å². The average Bonchev–Trinajstić information content (AvgIpc) is 2.67. The smallest absolute Gasteiger partial charge is 0.338 e. The second-order valence-corrected chi connectivity index (χ2v) is 4.66. The summed E-state index contributed by atoms with van der Waals surface area (Å²) in [6, 6.07) is 7.34. The van der Waals surface area contributed by atoms with E-state index in [1.54, 1.807) is 19.1 Å². The standard InChI is InChI=1S/C15H19N3O2/c1-4-20-15(19)13-7-5-12(6-8-13)9-18-11(3)14(16)10(2)17-18/h5-8H,4,9,16H2,1-3H3. The second-order valence-electron chi connectivity index (χ2n) is 4.66. The molecule has 2 aromatic rings.